The average molecular weight is 349 g/mol. The van der Waals surface area contributed by atoms with Gasteiger partial charge in [0.25, 0.3) is 0 Å². The molecular formula is C18H23F2N4O+. The second kappa shape index (κ2) is 6.00. The Balaban J connectivity index is 0.00000182. The molecule has 1 N–H and O–H groups in total. The molecule has 2 aliphatic rings. The van der Waals surface area contributed by atoms with Crippen LogP contribution in [0, 0.1) is 5.82 Å². The van der Waals surface area contributed by atoms with Gasteiger partial charge in [-0.25, -0.2) is 14.1 Å². The molecule has 7 heteroatoms. The van der Waals surface area contributed by atoms with Crippen molar-refractivity contribution in [3.05, 3.63) is 54.4 Å². The molecule has 1 spiro atoms. The minimum atomic E-state index is -1.10. The highest BCUT2D eigenvalue weighted by atomic mass is 19.1. The number of hydrogen-bond acceptors (Lipinski definition) is 3. The summed E-state index contributed by atoms with van der Waals surface area (Å²) in [6.45, 7) is 8.15. The monoisotopic (exact) mass is 349 g/mol. The summed E-state index contributed by atoms with van der Waals surface area (Å²) >= 11 is 0. The third-order valence-electron chi connectivity index (χ3n) is 5.94. The van der Waals surface area contributed by atoms with Crippen LogP contribution in [0.2, 0.25) is 0 Å². The Morgan fingerprint density at radius 1 is 1.40 bits per heavy atom. The molecule has 0 bridgehead atoms. The van der Waals surface area contributed by atoms with E-state index in [-0.39, 0.29) is 16.6 Å². The van der Waals surface area contributed by atoms with E-state index in [1.807, 2.05) is 0 Å². The molecule has 25 heavy (non-hydrogen) atoms. The fourth-order valence-electron chi connectivity index (χ4n) is 4.44. The Labute approximate surface area is 145 Å². The molecule has 0 saturated carbocycles. The summed E-state index contributed by atoms with van der Waals surface area (Å²) in [4.78, 5) is 3.97. The molecule has 0 aliphatic carbocycles. The molecule has 3 heterocycles. The van der Waals surface area contributed by atoms with Gasteiger partial charge in [0.1, 0.15) is 30.2 Å². The summed E-state index contributed by atoms with van der Waals surface area (Å²) in [6.07, 6.45) is 4.87. The highest BCUT2D eigenvalue weighted by molar-refractivity contribution is 5.60. The third-order valence-corrected chi connectivity index (χ3v) is 5.94. The molecule has 4 rings (SSSR count). The van der Waals surface area contributed by atoms with Crippen LogP contribution >= 0.6 is 0 Å². The average Bonchev–Trinajstić information content (AvgIpc) is 3.12. The van der Waals surface area contributed by atoms with Gasteiger partial charge in [0.15, 0.2) is 5.60 Å². The smallest absolute Gasteiger partial charge is 0.167 e. The lowest BCUT2D eigenvalue weighted by Crippen LogP contribution is -2.61. The maximum atomic E-state index is 14.0. The minimum absolute atomic E-state index is 0. The Bertz CT molecular complexity index is 782. The summed E-state index contributed by atoms with van der Waals surface area (Å²) < 4.78 is 16.3. The van der Waals surface area contributed by atoms with Crippen molar-refractivity contribution < 1.29 is 14.2 Å². The molecular weight excluding hydrogens is 326 g/mol. The predicted octanol–water partition coefficient (Wildman–Crippen LogP) is 2.52. The van der Waals surface area contributed by atoms with Crippen LogP contribution < -0.4 is 4.48 Å². The lowest BCUT2D eigenvalue weighted by molar-refractivity contribution is -0.0386. The van der Waals surface area contributed by atoms with Gasteiger partial charge in [0.05, 0.1) is 25.2 Å². The molecule has 1 aromatic carbocycles. The van der Waals surface area contributed by atoms with Crippen LogP contribution in [0.15, 0.2) is 43.0 Å². The first kappa shape index (κ1) is 17.7. The van der Waals surface area contributed by atoms with Crippen molar-refractivity contribution in [2.45, 2.75) is 38.0 Å². The highest BCUT2D eigenvalue weighted by Crippen LogP contribution is 2.51. The van der Waals surface area contributed by atoms with Crippen molar-refractivity contribution in [1.82, 2.24) is 19.2 Å². The van der Waals surface area contributed by atoms with Crippen LogP contribution in [0.3, 0.4) is 0 Å². The van der Waals surface area contributed by atoms with Crippen LogP contribution in [0.1, 0.15) is 25.3 Å². The molecule has 0 unspecified atom stereocenters. The first-order valence-corrected chi connectivity index (χ1v) is 8.34. The van der Waals surface area contributed by atoms with E-state index in [0.29, 0.717) is 11.0 Å². The molecule has 2 atom stereocenters. The van der Waals surface area contributed by atoms with Gasteiger partial charge in [-0.3, -0.25) is 9.19 Å². The second-order valence-corrected chi connectivity index (χ2v) is 7.09. The minimum Gasteiger partial charge on any atom is -0.377 e. The molecule has 5 nitrogen and oxygen atoms in total. The molecule has 1 aromatic heterocycles. The molecule has 1 saturated heterocycles. The number of benzene rings is 1. The zero-order chi connectivity index (χ0) is 16.9. The number of aromatic nitrogens is 3. The van der Waals surface area contributed by atoms with Gasteiger partial charge in [0, 0.05) is 18.9 Å². The van der Waals surface area contributed by atoms with Crippen molar-refractivity contribution in [2.75, 3.05) is 13.1 Å². The van der Waals surface area contributed by atoms with Gasteiger partial charge in [-0.15, -0.1) is 0 Å². The fraction of sp³-hybridized carbons (Fsp3) is 0.444. The van der Waals surface area contributed by atoms with Gasteiger partial charge in [-0.1, -0.05) is 12.2 Å². The van der Waals surface area contributed by atoms with Crippen molar-refractivity contribution >= 4 is 5.69 Å². The van der Waals surface area contributed by atoms with Crippen LogP contribution in [0.25, 0.3) is 0 Å². The maximum absolute atomic E-state index is 14.0. The summed E-state index contributed by atoms with van der Waals surface area (Å²) in [5.41, 5.74) is 1.84. The lowest BCUT2D eigenvalue weighted by atomic mass is 9.89. The van der Waals surface area contributed by atoms with Crippen molar-refractivity contribution in [3.8, 4) is 0 Å². The van der Waals surface area contributed by atoms with Crippen LogP contribution in [0.4, 0.5) is 14.8 Å². The first-order chi connectivity index (χ1) is 11.5. The number of aliphatic hydroxyl groups is 1. The molecule has 134 valence electrons. The number of nitrogens with zero attached hydrogens (tertiary/aromatic N) is 4. The SMILES string of the molecule is C=C1CC[N+]2(CC1)c1cc(F)ccc1[C@@](O)(Cn1cncn1)[C@H]2C.F. The normalized spacial score (nSPS) is 27.2. The Kier molecular flexibility index (Phi) is 4.25. The van der Waals surface area contributed by atoms with E-state index < -0.39 is 5.60 Å². The lowest BCUT2D eigenvalue weighted by Gasteiger charge is -2.44. The van der Waals surface area contributed by atoms with Gasteiger partial charge in [0.2, 0.25) is 0 Å². The highest BCUT2D eigenvalue weighted by Gasteiger charge is 2.59. The Morgan fingerprint density at radius 2 is 2.12 bits per heavy atom. The van der Waals surface area contributed by atoms with E-state index in [1.165, 1.54) is 18.0 Å². The molecule has 2 aliphatic heterocycles. The number of rotatable bonds is 2. The number of quaternary nitrogens is 1. The number of hydrogen-bond donors (Lipinski definition) is 1. The van der Waals surface area contributed by atoms with Gasteiger partial charge in [-0.05, 0) is 19.1 Å². The zero-order valence-electron chi connectivity index (χ0n) is 14.2. The van der Waals surface area contributed by atoms with E-state index in [1.54, 1.807) is 23.1 Å². The van der Waals surface area contributed by atoms with Crippen LogP contribution in [-0.2, 0) is 12.1 Å². The number of fused-ring (bicyclic) bond motifs is 2. The Hall–Kier alpha value is -2.12. The van der Waals surface area contributed by atoms with Gasteiger partial charge < -0.3 is 5.11 Å². The first-order valence-electron chi connectivity index (χ1n) is 8.34. The van der Waals surface area contributed by atoms with Crippen LogP contribution in [0.5, 0.6) is 0 Å². The summed E-state index contributed by atoms with van der Waals surface area (Å²) in [5, 5.41) is 15.8. The van der Waals surface area contributed by atoms with E-state index in [4.69, 9.17) is 0 Å². The fourth-order valence-corrected chi connectivity index (χ4v) is 4.44. The predicted molar refractivity (Wildman–Crippen MR) is 92.2 cm³/mol. The van der Waals surface area contributed by atoms with Gasteiger partial charge in [-0.2, -0.15) is 5.10 Å². The maximum Gasteiger partial charge on any atom is 0.167 e. The van der Waals surface area contributed by atoms with Crippen molar-refractivity contribution in [1.29, 1.82) is 0 Å². The van der Waals surface area contributed by atoms with E-state index in [9.17, 15) is 9.50 Å². The van der Waals surface area contributed by atoms with E-state index in [2.05, 4.69) is 23.6 Å². The quantitative estimate of drug-likeness (QED) is 0.670. The van der Waals surface area contributed by atoms with E-state index in [0.717, 1.165) is 37.2 Å². The summed E-state index contributed by atoms with van der Waals surface area (Å²) in [5.74, 6) is -0.257. The summed E-state index contributed by atoms with van der Waals surface area (Å²) in [6, 6.07) is 4.67. The molecule has 2 aromatic rings. The zero-order valence-corrected chi connectivity index (χ0v) is 14.2. The van der Waals surface area contributed by atoms with Gasteiger partial charge >= 0.3 is 0 Å². The topological polar surface area (TPSA) is 50.9 Å². The van der Waals surface area contributed by atoms with Crippen molar-refractivity contribution in [3.63, 3.8) is 0 Å². The largest absolute Gasteiger partial charge is 0.377 e. The van der Waals surface area contributed by atoms with E-state index >= 15 is 0 Å². The second-order valence-electron chi connectivity index (χ2n) is 7.09. The third kappa shape index (κ3) is 2.49. The van der Waals surface area contributed by atoms with Crippen molar-refractivity contribution in [2.24, 2.45) is 0 Å². The number of piperidine rings is 1. The molecule has 1 fully saturated rings. The summed E-state index contributed by atoms with van der Waals surface area (Å²) in [7, 11) is 0. The molecule has 0 radical (unpaired) electrons. The number of halogens is 2. The standard InChI is InChI=1S/C18H22FN4O.FH/c1-13-5-7-23(8-6-13)14(2)18(24,10-22-12-20-11-21-22)16-4-3-15(19)9-17(16)23;/h3-4,9,11-12,14,24H,1,5-8,10H2,2H3;1H/q+1;/t14-,18-;/m1./s1. The van der Waals surface area contributed by atoms with Crippen LogP contribution in [-0.4, -0.2) is 39.0 Å². The molecule has 0 amide bonds. The Morgan fingerprint density at radius 3 is 2.76 bits per heavy atom.